The zero-order valence-electron chi connectivity index (χ0n) is 15.2. The Labute approximate surface area is 161 Å². The molecule has 0 radical (unpaired) electrons. The maximum Gasteiger partial charge on any atom is 0.245 e. The summed E-state index contributed by atoms with van der Waals surface area (Å²) in [6, 6.07) is 5.76. The van der Waals surface area contributed by atoms with Crippen LogP contribution < -0.4 is 16.8 Å². The molecule has 144 valence electrons. The first-order valence-corrected chi connectivity index (χ1v) is 9.69. The van der Waals surface area contributed by atoms with Crippen molar-refractivity contribution in [3.8, 4) is 10.4 Å². The highest BCUT2D eigenvalue weighted by Gasteiger charge is 2.44. The summed E-state index contributed by atoms with van der Waals surface area (Å²) in [4.78, 5) is 29.2. The number of nitrogen functional groups attached to an aromatic ring is 1. The van der Waals surface area contributed by atoms with Crippen LogP contribution in [0.1, 0.15) is 36.3 Å². The molecule has 1 aromatic carbocycles. The summed E-state index contributed by atoms with van der Waals surface area (Å²) >= 11 is 1.46. The second-order valence-corrected chi connectivity index (χ2v) is 8.14. The Morgan fingerprint density at radius 1 is 1.33 bits per heavy atom. The average molecular weight is 388 g/mol. The minimum absolute atomic E-state index is 0.0619. The van der Waals surface area contributed by atoms with Crippen LogP contribution in [0.2, 0.25) is 0 Å². The Kier molecular flexibility index (Phi) is 5.48. The van der Waals surface area contributed by atoms with Crippen LogP contribution in [0.3, 0.4) is 0 Å². The number of thiazole rings is 1. The fourth-order valence-electron chi connectivity index (χ4n) is 3.68. The molecule has 0 bridgehead atoms. The van der Waals surface area contributed by atoms with Gasteiger partial charge in [-0.05, 0) is 55.9 Å². The van der Waals surface area contributed by atoms with E-state index in [2.05, 4.69) is 10.3 Å². The minimum atomic E-state index is -0.821. The smallest absolute Gasteiger partial charge is 0.245 e. The highest BCUT2D eigenvalue weighted by molar-refractivity contribution is 7.15. The Morgan fingerprint density at radius 3 is 2.63 bits per heavy atom. The van der Waals surface area contributed by atoms with Crippen LogP contribution in [0.4, 0.5) is 5.69 Å². The molecular formula is C19H24N4O3S. The number of primary amides is 1. The number of aliphatic hydroxyl groups excluding tert-OH is 1. The molecule has 1 heterocycles. The molecule has 1 aliphatic carbocycles. The summed E-state index contributed by atoms with van der Waals surface area (Å²) in [5.74, 6) is -0.792. The number of nitrogens with two attached hydrogens (primary N) is 2. The summed E-state index contributed by atoms with van der Waals surface area (Å²) in [5.41, 5.74) is 13.6. The maximum atomic E-state index is 12.4. The molecular weight excluding hydrogens is 364 g/mol. The molecule has 1 saturated carbocycles. The number of amides is 2. The van der Waals surface area contributed by atoms with E-state index in [0.29, 0.717) is 36.4 Å². The Bertz CT molecular complexity index is 836. The number of hydrogen-bond donors (Lipinski definition) is 4. The van der Waals surface area contributed by atoms with Gasteiger partial charge in [0, 0.05) is 17.9 Å². The molecule has 1 aromatic heterocycles. The lowest BCUT2D eigenvalue weighted by molar-refractivity contribution is -0.126. The standard InChI is InChI=1S/C19H24N4O3S/c1-11-6-12(8-13(20)7-11)15-9-22-18(27-15)19(17(21)26)4-2-14(3-5-19)23-16(25)10-24/h6-9,14,24H,2-5,10,20H2,1H3,(H2,21,26)(H,23,25). The second-order valence-electron chi connectivity index (χ2n) is 7.11. The van der Waals surface area contributed by atoms with Crippen molar-refractivity contribution in [2.75, 3.05) is 12.3 Å². The van der Waals surface area contributed by atoms with E-state index in [1.807, 2.05) is 25.1 Å². The third kappa shape index (κ3) is 3.96. The van der Waals surface area contributed by atoms with Crippen LogP contribution in [0, 0.1) is 6.92 Å². The third-order valence-electron chi connectivity index (χ3n) is 5.12. The van der Waals surface area contributed by atoms with Gasteiger partial charge in [0.15, 0.2) is 0 Å². The van der Waals surface area contributed by atoms with E-state index in [4.69, 9.17) is 16.6 Å². The predicted molar refractivity (Wildman–Crippen MR) is 105 cm³/mol. The molecule has 8 heteroatoms. The van der Waals surface area contributed by atoms with Crippen molar-refractivity contribution in [3.05, 3.63) is 35.0 Å². The fourth-order valence-corrected chi connectivity index (χ4v) is 4.83. The Hall–Kier alpha value is -2.45. The molecule has 0 saturated heterocycles. The zero-order valence-corrected chi connectivity index (χ0v) is 16.0. The van der Waals surface area contributed by atoms with E-state index >= 15 is 0 Å². The van der Waals surface area contributed by atoms with Crippen molar-refractivity contribution in [1.29, 1.82) is 0 Å². The van der Waals surface area contributed by atoms with Gasteiger partial charge in [0.2, 0.25) is 11.8 Å². The van der Waals surface area contributed by atoms with Crippen molar-refractivity contribution in [2.24, 2.45) is 5.73 Å². The van der Waals surface area contributed by atoms with E-state index in [1.165, 1.54) is 11.3 Å². The molecule has 2 amide bonds. The molecule has 0 spiro atoms. The van der Waals surface area contributed by atoms with Gasteiger partial charge in [-0.3, -0.25) is 9.59 Å². The van der Waals surface area contributed by atoms with Crippen LogP contribution >= 0.6 is 11.3 Å². The second kappa shape index (κ2) is 7.66. The lowest BCUT2D eigenvalue weighted by Gasteiger charge is -2.36. The normalized spacial score (nSPS) is 22.4. The minimum Gasteiger partial charge on any atom is -0.399 e. The van der Waals surface area contributed by atoms with Gasteiger partial charge in [0.25, 0.3) is 0 Å². The number of rotatable bonds is 5. The number of nitrogens with zero attached hydrogens (tertiary/aromatic N) is 1. The lowest BCUT2D eigenvalue weighted by atomic mass is 9.72. The summed E-state index contributed by atoms with van der Waals surface area (Å²) in [6.45, 7) is 1.45. The molecule has 0 unspecified atom stereocenters. The number of carbonyl (C=O) groups excluding carboxylic acids is 2. The number of nitrogens with one attached hydrogen (secondary N) is 1. The molecule has 7 nitrogen and oxygen atoms in total. The average Bonchev–Trinajstić information content (AvgIpc) is 3.12. The van der Waals surface area contributed by atoms with E-state index in [0.717, 1.165) is 16.0 Å². The molecule has 1 aliphatic rings. The highest BCUT2D eigenvalue weighted by Crippen LogP contribution is 2.43. The van der Waals surface area contributed by atoms with Crippen molar-refractivity contribution < 1.29 is 14.7 Å². The zero-order chi connectivity index (χ0) is 19.6. The third-order valence-corrected chi connectivity index (χ3v) is 6.37. The summed E-state index contributed by atoms with van der Waals surface area (Å²) < 4.78 is 0. The van der Waals surface area contributed by atoms with Crippen LogP contribution in [-0.4, -0.2) is 34.6 Å². The van der Waals surface area contributed by atoms with E-state index in [1.54, 1.807) is 6.20 Å². The van der Waals surface area contributed by atoms with Crippen LogP contribution in [0.5, 0.6) is 0 Å². The van der Waals surface area contributed by atoms with Crippen LogP contribution in [0.25, 0.3) is 10.4 Å². The Morgan fingerprint density at radius 2 is 2.04 bits per heavy atom. The summed E-state index contributed by atoms with van der Waals surface area (Å²) in [5, 5.41) is 12.4. The number of benzene rings is 1. The first-order chi connectivity index (χ1) is 12.8. The topological polar surface area (TPSA) is 131 Å². The number of aliphatic hydroxyl groups is 1. The van der Waals surface area contributed by atoms with Crippen LogP contribution in [-0.2, 0) is 15.0 Å². The van der Waals surface area contributed by atoms with Gasteiger partial charge in [-0.2, -0.15) is 0 Å². The number of anilines is 1. The van der Waals surface area contributed by atoms with E-state index in [-0.39, 0.29) is 11.9 Å². The van der Waals surface area contributed by atoms with Gasteiger partial charge in [-0.1, -0.05) is 6.07 Å². The summed E-state index contributed by atoms with van der Waals surface area (Å²) in [6.07, 6.45) is 4.02. The molecule has 3 rings (SSSR count). The number of carbonyl (C=O) groups is 2. The van der Waals surface area contributed by atoms with Gasteiger partial charge in [-0.25, -0.2) is 4.98 Å². The van der Waals surface area contributed by atoms with Gasteiger partial charge in [0.1, 0.15) is 17.0 Å². The van der Waals surface area contributed by atoms with E-state index in [9.17, 15) is 9.59 Å². The molecule has 6 N–H and O–H groups in total. The maximum absolute atomic E-state index is 12.4. The molecule has 0 atom stereocenters. The molecule has 1 fully saturated rings. The summed E-state index contributed by atoms with van der Waals surface area (Å²) in [7, 11) is 0. The van der Waals surface area contributed by atoms with Gasteiger partial charge >= 0.3 is 0 Å². The largest absolute Gasteiger partial charge is 0.399 e. The highest BCUT2D eigenvalue weighted by atomic mass is 32.1. The molecule has 2 aromatic rings. The van der Waals surface area contributed by atoms with E-state index < -0.39 is 17.9 Å². The van der Waals surface area contributed by atoms with Crippen LogP contribution in [0.15, 0.2) is 24.4 Å². The quantitative estimate of drug-likeness (QED) is 0.576. The first kappa shape index (κ1) is 19.3. The van der Waals surface area contributed by atoms with Crippen molar-refractivity contribution in [3.63, 3.8) is 0 Å². The number of aryl methyl sites for hydroxylation is 1. The number of aromatic nitrogens is 1. The van der Waals surface area contributed by atoms with Crippen molar-refractivity contribution in [2.45, 2.75) is 44.1 Å². The van der Waals surface area contributed by atoms with Gasteiger partial charge < -0.3 is 21.9 Å². The number of hydrogen-bond acceptors (Lipinski definition) is 6. The molecule has 0 aliphatic heterocycles. The van der Waals surface area contributed by atoms with Gasteiger partial charge in [0.05, 0.1) is 4.88 Å². The van der Waals surface area contributed by atoms with Crippen molar-refractivity contribution >= 4 is 28.8 Å². The Balaban J connectivity index is 1.84. The fraction of sp³-hybridized carbons (Fsp3) is 0.421. The first-order valence-electron chi connectivity index (χ1n) is 8.88. The van der Waals surface area contributed by atoms with Crippen molar-refractivity contribution in [1.82, 2.24) is 10.3 Å². The molecule has 27 heavy (non-hydrogen) atoms. The monoisotopic (exact) mass is 388 g/mol. The predicted octanol–water partition coefficient (Wildman–Crippen LogP) is 1.47. The lowest BCUT2D eigenvalue weighted by Crippen LogP contribution is -2.48. The van der Waals surface area contributed by atoms with Gasteiger partial charge in [-0.15, -0.1) is 11.3 Å². The SMILES string of the molecule is Cc1cc(N)cc(-c2cnc(C3(C(N)=O)CCC(NC(=O)CO)CC3)s2)c1.